The van der Waals surface area contributed by atoms with Crippen molar-refractivity contribution >= 4 is 23.1 Å². The van der Waals surface area contributed by atoms with E-state index in [0.29, 0.717) is 22.6 Å². The second-order valence-electron chi connectivity index (χ2n) is 9.95. The van der Waals surface area contributed by atoms with Crippen LogP contribution in [0.3, 0.4) is 0 Å². The van der Waals surface area contributed by atoms with E-state index in [1.165, 1.54) is 4.90 Å². The minimum Gasteiger partial charge on any atom is -0.507 e. The fourth-order valence-electron chi connectivity index (χ4n) is 4.22. The number of amides is 1. The predicted octanol–water partition coefficient (Wildman–Crippen LogP) is 5.79. The van der Waals surface area contributed by atoms with Crippen LogP contribution in [0.2, 0.25) is 0 Å². The number of anilines is 1. The Balaban J connectivity index is 1.86. The van der Waals surface area contributed by atoms with Crippen molar-refractivity contribution in [1.82, 2.24) is 4.98 Å². The summed E-state index contributed by atoms with van der Waals surface area (Å²) in [5.41, 5.74) is 2.67. The molecule has 3 aromatic rings. The van der Waals surface area contributed by atoms with Gasteiger partial charge in [0.2, 0.25) is 0 Å². The number of hydrogen-bond donors (Lipinski definition) is 1. The number of nitrogens with zero attached hydrogens (tertiary/aromatic N) is 2. The Hall–Kier alpha value is -3.93. The lowest BCUT2D eigenvalue weighted by atomic mass is 9.87. The van der Waals surface area contributed by atoms with Gasteiger partial charge >= 0.3 is 0 Å². The van der Waals surface area contributed by atoms with E-state index in [9.17, 15) is 14.7 Å². The summed E-state index contributed by atoms with van der Waals surface area (Å²) in [6.45, 7) is 10.2. The molecule has 1 amide bonds. The van der Waals surface area contributed by atoms with Crippen molar-refractivity contribution in [3.63, 3.8) is 0 Å². The minimum absolute atomic E-state index is 0.0181. The topological polar surface area (TPSA) is 79.7 Å². The van der Waals surface area contributed by atoms with Crippen LogP contribution in [0, 0.1) is 0 Å². The molecule has 1 unspecified atom stereocenters. The third-order valence-corrected chi connectivity index (χ3v) is 5.94. The van der Waals surface area contributed by atoms with Crippen molar-refractivity contribution in [3.05, 3.63) is 95.3 Å². The van der Waals surface area contributed by atoms with Gasteiger partial charge in [0.1, 0.15) is 11.5 Å². The average Bonchev–Trinajstić information content (AvgIpc) is 3.09. The number of carbonyl (C=O) groups is 2. The zero-order valence-electron chi connectivity index (χ0n) is 20.6. The fraction of sp³-hybridized carbons (Fsp3) is 0.276. The summed E-state index contributed by atoms with van der Waals surface area (Å²) in [7, 11) is 0. The molecule has 6 heteroatoms. The molecule has 6 nitrogen and oxygen atoms in total. The van der Waals surface area contributed by atoms with Gasteiger partial charge in [0.25, 0.3) is 11.7 Å². The molecule has 1 aliphatic rings. The number of aromatic nitrogens is 1. The van der Waals surface area contributed by atoms with Gasteiger partial charge in [-0.25, -0.2) is 0 Å². The lowest BCUT2D eigenvalue weighted by Gasteiger charge is -2.26. The summed E-state index contributed by atoms with van der Waals surface area (Å²) in [5, 5.41) is 11.3. The van der Waals surface area contributed by atoms with Crippen LogP contribution >= 0.6 is 0 Å². The number of carbonyl (C=O) groups excluding carboxylic acids is 2. The lowest BCUT2D eigenvalue weighted by molar-refractivity contribution is -0.132. The maximum absolute atomic E-state index is 13.3. The van der Waals surface area contributed by atoms with Gasteiger partial charge in [-0.15, -0.1) is 0 Å². The molecule has 0 bridgehead atoms. The Kier molecular flexibility index (Phi) is 6.48. The smallest absolute Gasteiger partial charge is 0.300 e. The molecule has 1 aromatic heterocycles. The molecule has 0 saturated carbocycles. The van der Waals surface area contributed by atoms with Gasteiger partial charge in [-0.3, -0.25) is 19.5 Å². The van der Waals surface area contributed by atoms with E-state index in [4.69, 9.17) is 4.74 Å². The third-order valence-electron chi connectivity index (χ3n) is 5.94. The molecule has 2 aromatic carbocycles. The third kappa shape index (κ3) is 4.83. The SMILES string of the molecule is CC(C)Oc1cccc(/C(O)=C2\C(=O)C(=O)N(c3ccc(C(C)(C)C)cc3)C2c2cccnc2)c1. The van der Waals surface area contributed by atoms with E-state index in [1.807, 2.05) is 38.1 Å². The van der Waals surface area contributed by atoms with Crippen LogP contribution in [0.15, 0.2) is 78.6 Å². The molecule has 0 radical (unpaired) electrons. The van der Waals surface area contributed by atoms with E-state index >= 15 is 0 Å². The Bertz CT molecular complexity index is 1270. The molecule has 1 fully saturated rings. The summed E-state index contributed by atoms with van der Waals surface area (Å²) in [5.74, 6) is -1.13. The van der Waals surface area contributed by atoms with Gasteiger partial charge < -0.3 is 9.84 Å². The highest BCUT2D eigenvalue weighted by Gasteiger charge is 2.47. The first kappa shape index (κ1) is 24.2. The van der Waals surface area contributed by atoms with Crippen molar-refractivity contribution in [2.75, 3.05) is 4.90 Å². The molecule has 1 aliphatic heterocycles. The summed E-state index contributed by atoms with van der Waals surface area (Å²) in [6.07, 6.45) is 3.18. The summed E-state index contributed by atoms with van der Waals surface area (Å²) in [6, 6.07) is 17.2. The number of hydrogen-bond acceptors (Lipinski definition) is 5. The number of Topliss-reactive ketones (excluding diaryl/α,β-unsaturated/α-hetero) is 1. The summed E-state index contributed by atoms with van der Waals surface area (Å²) in [4.78, 5) is 32.3. The number of ether oxygens (including phenoxy) is 1. The van der Waals surface area contributed by atoms with Gasteiger partial charge in [-0.05, 0) is 60.7 Å². The van der Waals surface area contributed by atoms with Crippen molar-refractivity contribution < 1.29 is 19.4 Å². The normalized spacial score (nSPS) is 17.8. The molecule has 0 spiro atoms. The largest absolute Gasteiger partial charge is 0.507 e. The lowest BCUT2D eigenvalue weighted by Crippen LogP contribution is -2.29. The fourth-order valence-corrected chi connectivity index (χ4v) is 4.22. The molecular weight excluding hydrogens is 440 g/mol. The van der Waals surface area contributed by atoms with E-state index in [-0.39, 0.29) is 22.9 Å². The monoisotopic (exact) mass is 470 g/mol. The predicted molar refractivity (Wildman–Crippen MR) is 136 cm³/mol. The highest BCUT2D eigenvalue weighted by atomic mass is 16.5. The number of rotatable bonds is 5. The zero-order valence-corrected chi connectivity index (χ0v) is 20.6. The van der Waals surface area contributed by atoms with Gasteiger partial charge in [-0.2, -0.15) is 0 Å². The Morgan fingerprint density at radius 3 is 2.34 bits per heavy atom. The van der Waals surface area contributed by atoms with E-state index in [1.54, 1.807) is 48.8 Å². The Labute approximate surface area is 205 Å². The molecule has 35 heavy (non-hydrogen) atoms. The van der Waals surface area contributed by atoms with Crippen LogP contribution in [-0.2, 0) is 15.0 Å². The highest BCUT2D eigenvalue weighted by molar-refractivity contribution is 6.51. The molecule has 1 atom stereocenters. The van der Waals surface area contributed by atoms with Crippen LogP contribution in [0.25, 0.3) is 5.76 Å². The van der Waals surface area contributed by atoms with Gasteiger partial charge in [-0.1, -0.05) is 51.1 Å². The summed E-state index contributed by atoms with van der Waals surface area (Å²) >= 11 is 0. The van der Waals surface area contributed by atoms with Gasteiger partial charge in [0.05, 0.1) is 17.7 Å². The molecule has 0 aliphatic carbocycles. The highest BCUT2D eigenvalue weighted by Crippen LogP contribution is 2.42. The number of pyridine rings is 1. The van der Waals surface area contributed by atoms with Gasteiger partial charge in [0, 0.05) is 23.6 Å². The van der Waals surface area contributed by atoms with Crippen LogP contribution in [0.1, 0.15) is 57.4 Å². The van der Waals surface area contributed by atoms with Crippen LogP contribution in [-0.4, -0.2) is 27.9 Å². The molecule has 180 valence electrons. The number of ketones is 1. The van der Waals surface area contributed by atoms with Crippen molar-refractivity contribution in [1.29, 1.82) is 0 Å². The van der Waals surface area contributed by atoms with E-state index < -0.39 is 17.7 Å². The number of aliphatic hydroxyl groups excluding tert-OH is 1. The molecule has 1 saturated heterocycles. The molecule has 2 heterocycles. The first-order valence-electron chi connectivity index (χ1n) is 11.7. The quantitative estimate of drug-likeness (QED) is 0.290. The van der Waals surface area contributed by atoms with E-state index in [0.717, 1.165) is 5.56 Å². The maximum atomic E-state index is 13.3. The van der Waals surface area contributed by atoms with E-state index in [2.05, 4.69) is 25.8 Å². The second-order valence-corrected chi connectivity index (χ2v) is 9.95. The molecule has 4 rings (SSSR count). The van der Waals surface area contributed by atoms with Crippen molar-refractivity contribution in [3.8, 4) is 5.75 Å². The van der Waals surface area contributed by atoms with Crippen LogP contribution in [0.4, 0.5) is 5.69 Å². The first-order chi connectivity index (χ1) is 16.6. The Morgan fingerprint density at radius 2 is 1.74 bits per heavy atom. The van der Waals surface area contributed by atoms with Crippen LogP contribution in [0.5, 0.6) is 5.75 Å². The standard InChI is InChI=1S/C29H30N2O4/c1-18(2)35-23-10-6-8-19(16-23)26(32)24-25(20-9-7-15-30-17-20)31(28(34)27(24)33)22-13-11-21(12-14-22)29(3,4)5/h6-18,25,32H,1-5H3/b26-24+. The zero-order chi connectivity index (χ0) is 25.3. The summed E-state index contributed by atoms with van der Waals surface area (Å²) < 4.78 is 5.75. The molecular formula is C29H30N2O4. The Morgan fingerprint density at radius 1 is 1.03 bits per heavy atom. The van der Waals surface area contributed by atoms with Gasteiger partial charge in [0.15, 0.2) is 0 Å². The van der Waals surface area contributed by atoms with Crippen molar-refractivity contribution in [2.45, 2.75) is 52.2 Å². The maximum Gasteiger partial charge on any atom is 0.300 e. The second kappa shape index (κ2) is 9.37. The minimum atomic E-state index is -0.821. The van der Waals surface area contributed by atoms with Crippen molar-refractivity contribution in [2.24, 2.45) is 0 Å². The first-order valence-corrected chi connectivity index (χ1v) is 11.7. The number of aliphatic hydroxyl groups is 1. The average molecular weight is 471 g/mol. The molecule has 1 N–H and O–H groups in total. The number of benzene rings is 2. The van der Waals surface area contributed by atoms with Crippen LogP contribution < -0.4 is 9.64 Å².